The summed E-state index contributed by atoms with van der Waals surface area (Å²) in [4.78, 5) is 18.4. The van der Waals surface area contributed by atoms with Crippen LogP contribution in [0.1, 0.15) is 19.4 Å². The van der Waals surface area contributed by atoms with Crippen LogP contribution in [0.15, 0.2) is 48.5 Å². The van der Waals surface area contributed by atoms with Crippen LogP contribution in [0.25, 0.3) is 0 Å². The van der Waals surface area contributed by atoms with E-state index in [-0.39, 0.29) is 11.9 Å². The van der Waals surface area contributed by atoms with Gasteiger partial charge in [0.2, 0.25) is 5.91 Å². The van der Waals surface area contributed by atoms with Crippen LogP contribution in [0.3, 0.4) is 0 Å². The molecule has 126 valence electrons. The van der Waals surface area contributed by atoms with Gasteiger partial charge in [0.25, 0.3) is 0 Å². The zero-order chi connectivity index (χ0) is 17.3. The van der Waals surface area contributed by atoms with Gasteiger partial charge in [-0.2, -0.15) is 0 Å². The second-order valence-corrected chi connectivity index (χ2v) is 6.67. The highest BCUT2D eigenvalue weighted by Crippen LogP contribution is 2.36. The lowest BCUT2D eigenvalue weighted by molar-refractivity contribution is -0.117. The SMILES string of the molecule is CC(=O)N1c2ccccc2N(Cc2ccc(N(C)C)cc2)CC1C. The van der Waals surface area contributed by atoms with Crippen LogP contribution in [0.2, 0.25) is 0 Å². The van der Waals surface area contributed by atoms with Crippen molar-refractivity contribution in [1.29, 1.82) is 0 Å². The molecule has 1 unspecified atom stereocenters. The minimum Gasteiger partial charge on any atom is -0.378 e. The zero-order valence-corrected chi connectivity index (χ0v) is 14.9. The molecule has 2 aromatic rings. The van der Waals surface area contributed by atoms with Crippen LogP contribution < -0.4 is 14.7 Å². The van der Waals surface area contributed by atoms with Gasteiger partial charge in [-0.25, -0.2) is 0 Å². The van der Waals surface area contributed by atoms with Crippen molar-refractivity contribution < 1.29 is 4.79 Å². The molecule has 1 amide bonds. The van der Waals surface area contributed by atoms with E-state index in [1.807, 2.05) is 37.2 Å². The van der Waals surface area contributed by atoms with E-state index in [0.717, 1.165) is 24.5 Å². The summed E-state index contributed by atoms with van der Waals surface area (Å²) in [6.45, 7) is 5.44. The Bertz CT molecular complexity index is 724. The molecule has 0 aliphatic carbocycles. The van der Waals surface area contributed by atoms with E-state index in [2.05, 4.69) is 47.1 Å². The molecule has 0 saturated carbocycles. The first kappa shape index (κ1) is 16.4. The molecule has 0 radical (unpaired) electrons. The highest BCUT2D eigenvalue weighted by atomic mass is 16.2. The third-order valence-electron chi connectivity index (χ3n) is 4.57. The summed E-state index contributed by atoms with van der Waals surface area (Å²) in [5.74, 6) is 0.102. The molecule has 1 heterocycles. The first-order chi connectivity index (χ1) is 11.5. The summed E-state index contributed by atoms with van der Waals surface area (Å²) in [7, 11) is 4.10. The fourth-order valence-corrected chi connectivity index (χ4v) is 3.42. The van der Waals surface area contributed by atoms with Crippen LogP contribution in [-0.4, -0.2) is 32.6 Å². The van der Waals surface area contributed by atoms with Crippen molar-refractivity contribution in [2.75, 3.05) is 35.3 Å². The molecule has 4 nitrogen and oxygen atoms in total. The first-order valence-corrected chi connectivity index (χ1v) is 8.37. The number of nitrogens with zero attached hydrogens (tertiary/aromatic N) is 3. The number of hydrogen-bond acceptors (Lipinski definition) is 3. The van der Waals surface area contributed by atoms with Crippen molar-refractivity contribution in [3.8, 4) is 0 Å². The van der Waals surface area contributed by atoms with E-state index in [1.54, 1.807) is 6.92 Å². The van der Waals surface area contributed by atoms with Gasteiger partial charge in [0.05, 0.1) is 17.4 Å². The molecule has 24 heavy (non-hydrogen) atoms. The number of para-hydroxylation sites is 2. The number of anilines is 3. The predicted molar refractivity (Wildman–Crippen MR) is 101 cm³/mol. The van der Waals surface area contributed by atoms with Gasteiger partial charge in [0, 0.05) is 39.8 Å². The Labute approximate surface area is 144 Å². The molecular formula is C20H25N3O. The third-order valence-corrected chi connectivity index (χ3v) is 4.57. The smallest absolute Gasteiger partial charge is 0.224 e. The summed E-state index contributed by atoms with van der Waals surface area (Å²) in [5, 5.41) is 0. The summed E-state index contributed by atoms with van der Waals surface area (Å²) in [5.41, 5.74) is 4.61. The number of carbonyl (C=O) groups is 1. The second-order valence-electron chi connectivity index (χ2n) is 6.67. The summed E-state index contributed by atoms with van der Waals surface area (Å²) in [6, 6.07) is 17.0. The van der Waals surface area contributed by atoms with Crippen LogP contribution in [-0.2, 0) is 11.3 Å². The maximum absolute atomic E-state index is 12.0. The Hall–Kier alpha value is -2.49. The normalized spacial score (nSPS) is 16.8. The van der Waals surface area contributed by atoms with Gasteiger partial charge in [-0.1, -0.05) is 24.3 Å². The van der Waals surface area contributed by atoms with Gasteiger partial charge in [-0.05, 0) is 36.8 Å². The van der Waals surface area contributed by atoms with Crippen molar-refractivity contribution in [1.82, 2.24) is 0 Å². The number of hydrogen-bond donors (Lipinski definition) is 0. The first-order valence-electron chi connectivity index (χ1n) is 8.37. The zero-order valence-electron chi connectivity index (χ0n) is 14.9. The Morgan fingerprint density at radius 3 is 2.29 bits per heavy atom. The standard InChI is InChI=1S/C20H25N3O/c1-15-13-22(14-17-9-11-18(12-10-17)21(3)4)19-7-5-6-8-20(19)23(15)16(2)24/h5-12,15H,13-14H2,1-4H3. The molecule has 0 fully saturated rings. The molecule has 3 rings (SSSR count). The van der Waals surface area contributed by atoms with Gasteiger partial charge < -0.3 is 14.7 Å². The average Bonchev–Trinajstić information content (AvgIpc) is 2.55. The molecule has 2 aromatic carbocycles. The van der Waals surface area contributed by atoms with Crippen LogP contribution in [0, 0.1) is 0 Å². The Balaban J connectivity index is 1.88. The van der Waals surface area contributed by atoms with E-state index in [4.69, 9.17) is 0 Å². The maximum atomic E-state index is 12.0. The van der Waals surface area contributed by atoms with Crippen molar-refractivity contribution in [2.24, 2.45) is 0 Å². The quantitative estimate of drug-likeness (QED) is 0.865. The Kier molecular flexibility index (Phi) is 4.47. The molecule has 1 aliphatic rings. The molecule has 1 atom stereocenters. The molecular weight excluding hydrogens is 298 g/mol. The molecule has 0 N–H and O–H groups in total. The topological polar surface area (TPSA) is 26.8 Å². The van der Waals surface area contributed by atoms with Gasteiger partial charge in [0.15, 0.2) is 0 Å². The fourth-order valence-electron chi connectivity index (χ4n) is 3.42. The predicted octanol–water partition coefficient (Wildman–Crippen LogP) is 3.51. The van der Waals surface area contributed by atoms with Crippen molar-refractivity contribution >= 4 is 23.0 Å². The number of carbonyl (C=O) groups excluding carboxylic acids is 1. The Morgan fingerprint density at radius 1 is 1.08 bits per heavy atom. The summed E-state index contributed by atoms with van der Waals surface area (Å²) in [6.07, 6.45) is 0. The van der Waals surface area contributed by atoms with Gasteiger partial charge in [-0.3, -0.25) is 4.79 Å². The summed E-state index contributed by atoms with van der Waals surface area (Å²) >= 11 is 0. The van der Waals surface area contributed by atoms with E-state index in [0.29, 0.717) is 0 Å². The average molecular weight is 323 g/mol. The van der Waals surface area contributed by atoms with Crippen molar-refractivity contribution in [3.05, 3.63) is 54.1 Å². The minimum absolute atomic E-state index is 0.102. The fraction of sp³-hybridized carbons (Fsp3) is 0.350. The van der Waals surface area contributed by atoms with Crippen LogP contribution >= 0.6 is 0 Å². The van der Waals surface area contributed by atoms with E-state index in [1.165, 1.54) is 11.3 Å². The minimum atomic E-state index is 0.102. The second kappa shape index (κ2) is 6.56. The maximum Gasteiger partial charge on any atom is 0.224 e. The molecule has 4 heteroatoms. The van der Waals surface area contributed by atoms with Crippen LogP contribution in [0.5, 0.6) is 0 Å². The Morgan fingerprint density at radius 2 is 1.71 bits per heavy atom. The number of amides is 1. The molecule has 1 aliphatic heterocycles. The van der Waals surface area contributed by atoms with Gasteiger partial charge in [-0.15, -0.1) is 0 Å². The monoisotopic (exact) mass is 323 g/mol. The lowest BCUT2D eigenvalue weighted by Crippen LogP contribution is -2.49. The highest BCUT2D eigenvalue weighted by molar-refractivity contribution is 5.97. The molecule has 0 bridgehead atoms. The number of fused-ring (bicyclic) bond motifs is 1. The van der Waals surface area contributed by atoms with E-state index < -0.39 is 0 Å². The third kappa shape index (κ3) is 3.09. The molecule has 0 saturated heterocycles. The van der Waals surface area contributed by atoms with Crippen molar-refractivity contribution in [3.63, 3.8) is 0 Å². The largest absolute Gasteiger partial charge is 0.378 e. The van der Waals surface area contributed by atoms with E-state index >= 15 is 0 Å². The lowest BCUT2D eigenvalue weighted by atomic mass is 10.1. The lowest BCUT2D eigenvalue weighted by Gasteiger charge is -2.42. The summed E-state index contributed by atoms with van der Waals surface area (Å²) < 4.78 is 0. The van der Waals surface area contributed by atoms with Crippen LogP contribution in [0.4, 0.5) is 17.1 Å². The van der Waals surface area contributed by atoms with Crippen molar-refractivity contribution in [2.45, 2.75) is 26.4 Å². The number of rotatable bonds is 3. The molecule has 0 aromatic heterocycles. The van der Waals surface area contributed by atoms with Gasteiger partial charge in [0.1, 0.15) is 0 Å². The van der Waals surface area contributed by atoms with E-state index in [9.17, 15) is 4.79 Å². The number of benzene rings is 2. The highest BCUT2D eigenvalue weighted by Gasteiger charge is 2.30. The van der Waals surface area contributed by atoms with Gasteiger partial charge >= 0.3 is 0 Å². The molecule has 0 spiro atoms.